The van der Waals surface area contributed by atoms with E-state index in [1.807, 2.05) is 12.1 Å². The Morgan fingerprint density at radius 3 is 2.58 bits per heavy atom. The summed E-state index contributed by atoms with van der Waals surface area (Å²) in [7, 11) is 0. The van der Waals surface area contributed by atoms with Crippen LogP contribution < -0.4 is 5.32 Å². The predicted molar refractivity (Wildman–Crippen MR) is 92.7 cm³/mol. The first-order valence-electron chi connectivity index (χ1n) is 8.36. The van der Waals surface area contributed by atoms with Gasteiger partial charge in [-0.2, -0.15) is 13.2 Å². The molecule has 3 rings (SSSR count). The van der Waals surface area contributed by atoms with Crippen molar-refractivity contribution in [3.8, 4) is 0 Å². The van der Waals surface area contributed by atoms with Gasteiger partial charge in [-0.25, -0.2) is 9.97 Å². The van der Waals surface area contributed by atoms with Gasteiger partial charge in [0.25, 0.3) is 0 Å². The number of carbonyl (C=O) groups is 1. The molecule has 0 saturated heterocycles. The molecule has 1 fully saturated rings. The fraction of sp³-hybridized carbons (Fsp3) is 0.389. The van der Waals surface area contributed by atoms with E-state index in [1.165, 1.54) is 18.0 Å². The summed E-state index contributed by atoms with van der Waals surface area (Å²) >= 11 is 1.32. The number of amides is 1. The number of rotatable bonds is 4. The van der Waals surface area contributed by atoms with Gasteiger partial charge < -0.3 is 5.32 Å². The molecule has 26 heavy (non-hydrogen) atoms. The normalized spacial score (nSPS) is 20.6. The fourth-order valence-corrected chi connectivity index (χ4v) is 3.90. The Bertz CT molecular complexity index is 755. The second-order valence-corrected chi connectivity index (χ2v) is 7.22. The van der Waals surface area contributed by atoms with Gasteiger partial charge in [0.2, 0.25) is 5.91 Å². The first kappa shape index (κ1) is 18.7. The van der Waals surface area contributed by atoms with E-state index in [4.69, 9.17) is 0 Å². The lowest BCUT2D eigenvalue weighted by Crippen LogP contribution is -2.39. The maximum Gasteiger partial charge on any atom is 0.392 e. The van der Waals surface area contributed by atoms with Crippen LogP contribution in [-0.2, 0) is 4.79 Å². The second-order valence-electron chi connectivity index (χ2n) is 6.18. The minimum Gasteiger partial charge on any atom is -0.326 e. The molecule has 0 spiro atoms. The van der Waals surface area contributed by atoms with Crippen molar-refractivity contribution >= 4 is 23.4 Å². The molecule has 138 valence electrons. The average Bonchev–Trinajstić information content (AvgIpc) is 2.62. The van der Waals surface area contributed by atoms with Crippen LogP contribution in [0.1, 0.15) is 25.7 Å². The molecule has 1 amide bonds. The Balaban J connectivity index is 1.70. The molecule has 0 bridgehead atoms. The molecule has 1 aliphatic carbocycles. The topological polar surface area (TPSA) is 54.9 Å². The SMILES string of the molecule is O=C(Nc1ccnc(Sc2ccccn2)c1)C1CCCCC1C(F)(F)F. The molecule has 0 aromatic carbocycles. The molecule has 1 aliphatic rings. The van der Waals surface area contributed by atoms with E-state index in [-0.39, 0.29) is 12.8 Å². The molecule has 1 N–H and O–H groups in total. The lowest BCUT2D eigenvalue weighted by atomic mass is 9.78. The van der Waals surface area contributed by atoms with Gasteiger partial charge in [-0.3, -0.25) is 4.79 Å². The number of aromatic nitrogens is 2. The summed E-state index contributed by atoms with van der Waals surface area (Å²) in [6.45, 7) is 0. The second kappa shape index (κ2) is 8.07. The summed E-state index contributed by atoms with van der Waals surface area (Å²) in [5.41, 5.74) is 0.440. The van der Waals surface area contributed by atoms with Crippen LogP contribution in [-0.4, -0.2) is 22.1 Å². The van der Waals surface area contributed by atoms with Gasteiger partial charge in [-0.15, -0.1) is 0 Å². The van der Waals surface area contributed by atoms with E-state index in [9.17, 15) is 18.0 Å². The van der Waals surface area contributed by atoms with E-state index < -0.39 is 23.9 Å². The first-order valence-corrected chi connectivity index (χ1v) is 9.17. The summed E-state index contributed by atoms with van der Waals surface area (Å²) in [4.78, 5) is 20.8. The Hall–Kier alpha value is -2.09. The number of hydrogen-bond acceptors (Lipinski definition) is 4. The highest BCUT2D eigenvalue weighted by Crippen LogP contribution is 2.42. The molecule has 1 saturated carbocycles. The largest absolute Gasteiger partial charge is 0.392 e. The zero-order valence-electron chi connectivity index (χ0n) is 13.9. The lowest BCUT2D eigenvalue weighted by Gasteiger charge is -2.32. The monoisotopic (exact) mass is 381 g/mol. The molecule has 2 unspecified atom stereocenters. The van der Waals surface area contributed by atoms with Crippen molar-refractivity contribution in [2.45, 2.75) is 41.9 Å². The third-order valence-electron chi connectivity index (χ3n) is 4.37. The summed E-state index contributed by atoms with van der Waals surface area (Å²) in [6, 6.07) is 8.69. The summed E-state index contributed by atoms with van der Waals surface area (Å²) in [6.07, 6.45) is 0.253. The van der Waals surface area contributed by atoms with Crippen LogP contribution in [0.2, 0.25) is 0 Å². The van der Waals surface area contributed by atoms with Crippen molar-refractivity contribution < 1.29 is 18.0 Å². The number of carbonyl (C=O) groups excluding carboxylic acids is 1. The van der Waals surface area contributed by atoms with Gasteiger partial charge in [0, 0.05) is 24.0 Å². The van der Waals surface area contributed by atoms with Crippen LogP contribution in [0.25, 0.3) is 0 Å². The Morgan fingerprint density at radius 1 is 1.08 bits per heavy atom. The maximum atomic E-state index is 13.2. The molecular formula is C18H18F3N3OS. The van der Waals surface area contributed by atoms with Gasteiger partial charge in [-0.1, -0.05) is 30.7 Å². The summed E-state index contributed by atoms with van der Waals surface area (Å²) in [5.74, 6) is -3.18. The standard InChI is InChI=1S/C18H18F3N3OS/c19-18(20,21)14-6-2-1-5-13(14)17(25)24-12-8-10-23-16(11-12)26-15-7-3-4-9-22-15/h3-4,7-11,13-14H,1-2,5-6H2,(H,23,24,25). The van der Waals surface area contributed by atoms with Crippen molar-refractivity contribution in [3.63, 3.8) is 0 Å². The number of hydrogen-bond donors (Lipinski definition) is 1. The number of alkyl halides is 3. The molecule has 2 aromatic heterocycles. The van der Waals surface area contributed by atoms with Crippen LogP contribution >= 0.6 is 11.8 Å². The molecule has 4 nitrogen and oxygen atoms in total. The lowest BCUT2D eigenvalue weighted by molar-refractivity contribution is -0.197. The van der Waals surface area contributed by atoms with Crippen molar-refractivity contribution in [1.82, 2.24) is 9.97 Å². The smallest absolute Gasteiger partial charge is 0.326 e. The quantitative estimate of drug-likeness (QED) is 0.815. The minimum atomic E-state index is -4.35. The molecule has 2 heterocycles. The van der Waals surface area contributed by atoms with Crippen LogP contribution in [0.15, 0.2) is 52.8 Å². The van der Waals surface area contributed by atoms with Crippen LogP contribution in [0.3, 0.4) is 0 Å². The molecule has 0 aliphatic heterocycles. The van der Waals surface area contributed by atoms with Gasteiger partial charge in [0.15, 0.2) is 0 Å². The minimum absolute atomic E-state index is 0.0126. The molecule has 2 atom stereocenters. The molecule has 8 heteroatoms. The third-order valence-corrected chi connectivity index (χ3v) is 5.26. The van der Waals surface area contributed by atoms with Crippen LogP contribution in [0, 0.1) is 11.8 Å². The number of pyridine rings is 2. The summed E-state index contributed by atoms with van der Waals surface area (Å²) < 4.78 is 39.6. The van der Waals surface area contributed by atoms with Crippen molar-refractivity contribution in [2.24, 2.45) is 11.8 Å². The Kier molecular flexibility index (Phi) is 5.80. The highest BCUT2D eigenvalue weighted by Gasteiger charge is 2.48. The fourth-order valence-electron chi connectivity index (χ4n) is 3.13. The van der Waals surface area contributed by atoms with E-state index in [2.05, 4.69) is 15.3 Å². The van der Waals surface area contributed by atoms with Crippen molar-refractivity contribution in [1.29, 1.82) is 0 Å². The van der Waals surface area contributed by atoms with Gasteiger partial charge in [0.05, 0.1) is 5.92 Å². The third kappa shape index (κ3) is 4.75. The number of nitrogens with one attached hydrogen (secondary N) is 1. The zero-order valence-corrected chi connectivity index (χ0v) is 14.7. The Labute approximate surface area is 153 Å². The molecular weight excluding hydrogens is 363 g/mol. The number of nitrogens with zero attached hydrogens (tertiary/aromatic N) is 2. The first-order chi connectivity index (χ1) is 12.4. The molecule has 2 aromatic rings. The zero-order chi connectivity index (χ0) is 18.6. The van der Waals surface area contributed by atoms with E-state index in [0.29, 0.717) is 23.6 Å². The van der Waals surface area contributed by atoms with E-state index in [0.717, 1.165) is 5.03 Å². The summed E-state index contributed by atoms with van der Waals surface area (Å²) in [5, 5.41) is 3.98. The van der Waals surface area contributed by atoms with E-state index in [1.54, 1.807) is 24.4 Å². The Morgan fingerprint density at radius 2 is 1.85 bits per heavy atom. The van der Waals surface area contributed by atoms with Crippen molar-refractivity contribution in [2.75, 3.05) is 5.32 Å². The van der Waals surface area contributed by atoms with Gasteiger partial charge in [-0.05, 0) is 37.1 Å². The molecule has 0 radical (unpaired) electrons. The van der Waals surface area contributed by atoms with Crippen LogP contribution in [0.4, 0.5) is 18.9 Å². The maximum absolute atomic E-state index is 13.2. The van der Waals surface area contributed by atoms with Crippen molar-refractivity contribution in [3.05, 3.63) is 42.7 Å². The van der Waals surface area contributed by atoms with Crippen LogP contribution in [0.5, 0.6) is 0 Å². The van der Waals surface area contributed by atoms with E-state index >= 15 is 0 Å². The highest BCUT2D eigenvalue weighted by molar-refractivity contribution is 7.99. The predicted octanol–water partition coefficient (Wildman–Crippen LogP) is 4.94. The number of halogens is 3. The average molecular weight is 381 g/mol. The van der Waals surface area contributed by atoms with Gasteiger partial charge in [0.1, 0.15) is 10.1 Å². The van der Waals surface area contributed by atoms with Gasteiger partial charge >= 0.3 is 6.18 Å². The highest BCUT2D eigenvalue weighted by atomic mass is 32.2. The number of anilines is 1.